The zero-order valence-electron chi connectivity index (χ0n) is 15.4. The van der Waals surface area contributed by atoms with Crippen molar-refractivity contribution in [1.29, 1.82) is 0 Å². The molecule has 5 nitrogen and oxygen atoms in total. The largest absolute Gasteiger partial charge is 0.494 e. The Hall–Kier alpha value is -2.80. The van der Waals surface area contributed by atoms with Crippen molar-refractivity contribution in [1.82, 2.24) is 19.7 Å². The van der Waals surface area contributed by atoms with Crippen LogP contribution >= 0.6 is 11.8 Å². The van der Waals surface area contributed by atoms with Crippen molar-refractivity contribution < 1.29 is 9.13 Å². The lowest BCUT2D eigenvalue weighted by atomic mass is 10.1. The SMILES string of the molecule is COc1ccc(CSc2nnc(-c3c[nH]c4ccccc34)n2C2CC2)cc1F. The number of aromatic amines is 1. The van der Waals surface area contributed by atoms with E-state index in [1.165, 1.54) is 13.2 Å². The first-order valence-electron chi connectivity index (χ1n) is 9.21. The smallest absolute Gasteiger partial charge is 0.192 e. The van der Waals surface area contributed by atoms with Crippen LogP contribution in [0.4, 0.5) is 4.39 Å². The molecule has 1 aliphatic carbocycles. The molecule has 2 aromatic heterocycles. The van der Waals surface area contributed by atoms with Crippen LogP contribution in [-0.2, 0) is 5.75 Å². The van der Waals surface area contributed by atoms with Gasteiger partial charge in [0.05, 0.1) is 7.11 Å². The molecule has 28 heavy (non-hydrogen) atoms. The van der Waals surface area contributed by atoms with E-state index in [9.17, 15) is 4.39 Å². The Bertz CT molecular complexity index is 1150. The zero-order valence-corrected chi connectivity index (χ0v) is 16.2. The lowest BCUT2D eigenvalue weighted by molar-refractivity contribution is 0.386. The van der Waals surface area contributed by atoms with Gasteiger partial charge in [0.2, 0.25) is 0 Å². The van der Waals surface area contributed by atoms with Gasteiger partial charge < -0.3 is 9.72 Å². The fourth-order valence-corrected chi connectivity index (χ4v) is 4.37. The second-order valence-electron chi connectivity index (χ2n) is 6.91. The number of hydrogen-bond donors (Lipinski definition) is 1. The van der Waals surface area contributed by atoms with Crippen LogP contribution in [0.2, 0.25) is 0 Å². The third kappa shape index (κ3) is 3.05. The fraction of sp³-hybridized carbons (Fsp3) is 0.238. The Labute approximate surface area is 165 Å². The van der Waals surface area contributed by atoms with Gasteiger partial charge in [-0.25, -0.2) is 4.39 Å². The average Bonchev–Trinajstić information content (AvgIpc) is 3.32. The van der Waals surface area contributed by atoms with Crippen molar-refractivity contribution in [3.8, 4) is 17.1 Å². The predicted octanol–water partition coefficient (Wildman–Crippen LogP) is 5.20. The quantitative estimate of drug-likeness (QED) is 0.457. The van der Waals surface area contributed by atoms with E-state index in [1.807, 2.05) is 24.4 Å². The monoisotopic (exact) mass is 394 g/mol. The van der Waals surface area contributed by atoms with Crippen LogP contribution in [0.15, 0.2) is 53.8 Å². The lowest BCUT2D eigenvalue weighted by Gasteiger charge is -2.09. The number of fused-ring (bicyclic) bond motifs is 1. The molecule has 0 aliphatic heterocycles. The molecule has 0 atom stereocenters. The first kappa shape index (κ1) is 17.3. The molecular formula is C21H19FN4OS. The minimum atomic E-state index is -0.344. The standard InChI is InChI=1S/C21H19FN4OS/c1-27-19-9-6-13(10-17(19)22)12-28-21-25-24-20(26(21)14-7-8-14)16-11-23-18-5-3-2-4-15(16)18/h2-6,9-11,14,23H,7-8,12H2,1H3. The Morgan fingerprint density at radius 1 is 1.21 bits per heavy atom. The molecular weight excluding hydrogens is 375 g/mol. The molecule has 1 aliphatic rings. The van der Waals surface area contributed by atoms with Crippen LogP contribution in [0.1, 0.15) is 24.4 Å². The van der Waals surface area contributed by atoms with Crippen molar-refractivity contribution in [2.45, 2.75) is 29.8 Å². The zero-order chi connectivity index (χ0) is 19.1. The molecule has 1 saturated carbocycles. The predicted molar refractivity (Wildman–Crippen MR) is 108 cm³/mol. The van der Waals surface area contributed by atoms with Gasteiger partial charge in [-0.15, -0.1) is 10.2 Å². The van der Waals surface area contributed by atoms with Gasteiger partial charge in [0.1, 0.15) is 0 Å². The van der Waals surface area contributed by atoms with Gasteiger partial charge in [0, 0.05) is 34.5 Å². The maximum Gasteiger partial charge on any atom is 0.192 e. The van der Waals surface area contributed by atoms with Gasteiger partial charge in [-0.05, 0) is 36.6 Å². The van der Waals surface area contributed by atoms with Crippen molar-refractivity contribution in [2.24, 2.45) is 0 Å². The summed E-state index contributed by atoms with van der Waals surface area (Å²) >= 11 is 1.59. The summed E-state index contributed by atoms with van der Waals surface area (Å²) in [6.45, 7) is 0. The van der Waals surface area contributed by atoms with E-state index < -0.39 is 0 Å². The normalized spacial score (nSPS) is 13.9. The number of halogens is 1. The lowest BCUT2D eigenvalue weighted by Crippen LogP contribution is -1.99. The van der Waals surface area contributed by atoms with Gasteiger partial charge >= 0.3 is 0 Å². The number of methoxy groups -OCH3 is 1. The molecule has 0 unspecified atom stereocenters. The maximum absolute atomic E-state index is 14.0. The van der Waals surface area contributed by atoms with E-state index >= 15 is 0 Å². The van der Waals surface area contributed by atoms with Crippen LogP contribution in [0.5, 0.6) is 5.75 Å². The van der Waals surface area contributed by atoms with Gasteiger partial charge in [-0.3, -0.25) is 4.57 Å². The summed E-state index contributed by atoms with van der Waals surface area (Å²) in [7, 11) is 1.47. The van der Waals surface area contributed by atoms with E-state index in [-0.39, 0.29) is 11.6 Å². The molecule has 1 fully saturated rings. The highest BCUT2D eigenvalue weighted by atomic mass is 32.2. The number of nitrogens with zero attached hydrogens (tertiary/aromatic N) is 3. The molecule has 0 amide bonds. The van der Waals surface area contributed by atoms with Crippen LogP contribution in [-0.4, -0.2) is 26.9 Å². The van der Waals surface area contributed by atoms with Gasteiger partial charge in [-0.1, -0.05) is 36.0 Å². The first-order chi connectivity index (χ1) is 13.7. The van der Waals surface area contributed by atoms with E-state index in [1.54, 1.807) is 17.8 Å². The minimum Gasteiger partial charge on any atom is -0.494 e. The number of thioether (sulfide) groups is 1. The van der Waals surface area contributed by atoms with Crippen LogP contribution in [0, 0.1) is 5.82 Å². The second kappa shape index (κ2) is 6.98. The van der Waals surface area contributed by atoms with Crippen molar-refractivity contribution in [3.63, 3.8) is 0 Å². The van der Waals surface area contributed by atoms with Gasteiger partial charge in [0.15, 0.2) is 22.5 Å². The van der Waals surface area contributed by atoms with Crippen LogP contribution < -0.4 is 4.74 Å². The third-order valence-electron chi connectivity index (χ3n) is 4.99. The Morgan fingerprint density at radius 3 is 2.86 bits per heavy atom. The van der Waals surface area contributed by atoms with Crippen molar-refractivity contribution in [2.75, 3.05) is 7.11 Å². The van der Waals surface area contributed by atoms with E-state index in [0.717, 1.165) is 45.9 Å². The average molecular weight is 394 g/mol. The summed E-state index contributed by atoms with van der Waals surface area (Å²) in [5.41, 5.74) is 3.05. The highest BCUT2D eigenvalue weighted by Crippen LogP contribution is 2.42. The molecule has 0 bridgehead atoms. The number of benzene rings is 2. The number of nitrogens with one attached hydrogen (secondary N) is 1. The van der Waals surface area contributed by atoms with Crippen molar-refractivity contribution >= 4 is 22.7 Å². The van der Waals surface area contributed by atoms with E-state index in [2.05, 4.69) is 31.9 Å². The van der Waals surface area contributed by atoms with Crippen molar-refractivity contribution in [3.05, 3.63) is 60.0 Å². The van der Waals surface area contributed by atoms with Crippen LogP contribution in [0.3, 0.4) is 0 Å². The molecule has 0 spiro atoms. The molecule has 0 radical (unpaired) electrons. The summed E-state index contributed by atoms with van der Waals surface area (Å²) in [6, 6.07) is 13.7. The Morgan fingerprint density at radius 2 is 2.07 bits per heavy atom. The molecule has 7 heteroatoms. The number of aromatic nitrogens is 4. The topological polar surface area (TPSA) is 55.7 Å². The Kier molecular flexibility index (Phi) is 4.31. The molecule has 4 aromatic rings. The highest BCUT2D eigenvalue weighted by Gasteiger charge is 2.30. The number of H-pyrrole nitrogens is 1. The summed E-state index contributed by atoms with van der Waals surface area (Å²) in [4.78, 5) is 3.32. The second-order valence-corrected chi connectivity index (χ2v) is 7.86. The molecule has 2 heterocycles. The van der Waals surface area contributed by atoms with Crippen LogP contribution in [0.25, 0.3) is 22.3 Å². The summed E-state index contributed by atoms with van der Waals surface area (Å²) in [5.74, 6) is 1.43. The summed E-state index contributed by atoms with van der Waals surface area (Å²) in [5, 5.41) is 11.0. The molecule has 2 aromatic carbocycles. The fourth-order valence-electron chi connectivity index (χ4n) is 3.43. The molecule has 0 saturated heterocycles. The number of rotatable bonds is 6. The summed E-state index contributed by atoms with van der Waals surface area (Å²) < 4.78 is 21.2. The van der Waals surface area contributed by atoms with Gasteiger partial charge in [-0.2, -0.15) is 0 Å². The minimum absolute atomic E-state index is 0.261. The van der Waals surface area contributed by atoms with E-state index in [0.29, 0.717) is 11.8 Å². The molecule has 142 valence electrons. The Balaban J connectivity index is 1.46. The van der Waals surface area contributed by atoms with E-state index in [4.69, 9.17) is 4.74 Å². The number of para-hydroxylation sites is 1. The number of ether oxygens (including phenoxy) is 1. The van der Waals surface area contributed by atoms with Gasteiger partial charge in [0.25, 0.3) is 0 Å². The molecule has 5 rings (SSSR count). The third-order valence-corrected chi connectivity index (χ3v) is 6.01. The number of hydrogen-bond acceptors (Lipinski definition) is 4. The molecule has 1 N–H and O–H groups in total. The maximum atomic E-state index is 14.0. The highest BCUT2D eigenvalue weighted by molar-refractivity contribution is 7.98. The first-order valence-corrected chi connectivity index (χ1v) is 10.2. The summed E-state index contributed by atoms with van der Waals surface area (Å²) in [6.07, 6.45) is 4.27.